The van der Waals surface area contributed by atoms with Crippen LogP contribution in [0.4, 0.5) is 10.5 Å². The molecule has 0 unspecified atom stereocenters. The van der Waals surface area contributed by atoms with Gasteiger partial charge in [-0.3, -0.25) is 10.1 Å². The van der Waals surface area contributed by atoms with Gasteiger partial charge in [0.2, 0.25) is 5.91 Å². The predicted octanol–water partition coefficient (Wildman–Crippen LogP) is 3.65. The maximum absolute atomic E-state index is 13.0. The lowest BCUT2D eigenvalue weighted by Gasteiger charge is -2.27. The summed E-state index contributed by atoms with van der Waals surface area (Å²) in [6, 6.07) is 5.64. The lowest BCUT2D eigenvalue weighted by Crippen LogP contribution is -2.42. The van der Waals surface area contributed by atoms with Crippen molar-refractivity contribution in [3.05, 3.63) is 33.8 Å². The fourth-order valence-corrected chi connectivity index (χ4v) is 3.29. The monoisotopic (exact) mass is 449 g/mol. The van der Waals surface area contributed by atoms with Crippen LogP contribution in [0.2, 0.25) is 0 Å². The van der Waals surface area contributed by atoms with Gasteiger partial charge in [0.05, 0.1) is 18.9 Å². The van der Waals surface area contributed by atoms with Crippen molar-refractivity contribution in [2.24, 2.45) is 4.99 Å². The van der Waals surface area contributed by atoms with Gasteiger partial charge in [-0.2, -0.15) is 0 Å². The van der Waals surface area contributed by atoms with Crippen LogP contribution in [0.15, 0.2) is 33.2 Å². The van der Waals surface area contributed by atoms with E-state index in [1.54, 1.807) is 25.7 Å². The number of hydrogen-bond donors (Lipinski definition) is 1. The van der Waals surface area contributed by atoms with Gasteiger partial charge >= 0.3 is 6.09 Å². The van der Waals surface area contributed by atoms with E-state index in [1.165, 1.54) is 0 Å². The third kappa shape index (κ3) is 5.42. The second-order valence-electron chi connectivity index (χ2n) is 7.64. The van der Waals surface area contributed by atoms with E-state index < -0.39 is 11.7 Å². The number of amidine groups is 1. The minimum atomic E-state index is -0.626. The Morgan fingerprint density at radius 3 is 2.64 bits per heavy atom. The van der Waals surface area contributed by atoms with Gasteiger partial charge in [0, 0.05) is 35.1 Å². The Bertz CT molecular complexity index is 836. The molecule has 8 heteroatoms. The Morgan fingerprint density at radius 1 is 1.25 bits per heavy atom. The number of aliphatic imine (C=N–C) groups is 1. The molecule has 2 aliphatic heterocycles. The second-order valence-corrected chi connectivity index (χ2v) is 8.56. The van der Waals surface area contributed by atoms with Crippen LogP contribution in [0.1, 0.15) is 32.8 Å². The first-order valence-corrected chi connectivity index (χ1v) is 9.95. The standard InChI is InChI=1S/C20H24BrN3O4/c1-20(2,3)28-19(26)23-17-11-14(18(25)24-6-8-27-9-7-24)10-13-4-5-15(21)12-16(13)22-17/h4-5,10,12H,6-9,11H2,1-3H3,(H,22,23,26). The smallest absolute Gasteiger partial charge is 0.413 e. The van der Waals surface area contributed by atoms with Crippen LogP contribution in [0.5, 0.6) is 0 Å². The van der Waals surface area contributed by atoms with Gasteiger partial charge in [-0.15, -0.1) is 0 Å². The van der Waals surface area contributed by atoms with Gasteiger partial charge in [-0.05, 0) is 39.0 Å². The van der Waals surface area contributed by atoms with Gasteiger partial charge in [0.15, 0.2) is 0 Å². The number of nitrogens with one attached hydrogen (secondary N) is 1. The maximum Gasteiger partial charge on any atom is 0.413 e. The lowest BCUT2D eigenvalue weighted by molar-refractivity contribution is -0.131. The van der Waals surface area contributed by atoms with Crippen LogP contribution in [0.3, 0.4) is 0 Å². The normalized spacial score (nSPS) is 17.1. The number of carbonyl (C=O) groups excluding carboxylic acids is 2. The van der Waals surface area contributed by atoms with Crippen molar-refractivity contribution >= 4 is 45.5 Å². The molecule has 1 saturated heterocycles. The summed E-state index contributed by atoms with van der Waals surface area (Å²) in [5.41, 5.74) is 1.43. The number of fused-ring (bicyclic) bond motifs is 1. The molecule has 1 fully saturated rings. The first kappa shape index (κ1) is 20.5. The molecule has 0 bridgehead atoms. The number of nitrogens with zero attached hydrogens (tertiary/aromatic N) is 2. The molecule has 28 heavy (non-hydrogen) atoms. The first-order valence-electron chi connectivity index (χ1n) is 9.16. The average Bonchev–Trinajstić information content (AvgIpc) is 2.78. The highest BCUT2D eigenvalue weighted by Crippen LogP contribution is 2.30. The summed E-state index contributed by atoms with van der Waals surface area (Å²) in [4.78, 5) is 31.6. The fourth-order valence-electron chi connectivity index (χ4n) is 2.94. The van der Waals surface area contributed by atoms with Gasteiger partial charge in [0.25, 0.3) is 0 Å². The summed E-state index contributed by atoms with van der Waals surface area (Å²) in [6.45, 7) is 7.54. The van der Waals surface area contributed by atoms with E-state index in [-0.39, 0.29) is 12.3 Å². The Morgan fingerprint density at radius 2 is 1.96 bits per heavy atom. The highest BCUT2D eigenvalue weighted by atomic mass is 79.9. The van der Waals surface area contributed by atoms with Crippen molar-refractivity contribution in [1.82, 2.24) is 10.2 Å². The van der Waals surface area contributed by atoms with E-state index in [4.69, 9.17) is 9.47 Å². The van der Waals surface area contributed by atoms with Crippen molar-refractivity contribution in [2.75, 3.05) is 26.3 Å². The zero-order valence-electron chi connectivity index (χ0n) is 16.3. The lowest BCUT2D eigenvalue weighted by atomic mass is 10.1. The van der Waals surface area contributed by atoms with Gasteiger partial charge < -0.3 is 14.4 Å². The number of benzene rings is 1. The second kappa shape index (κ2) is 8.45. The minimum Gasteiger partial charge on any atom is -0.444 e. The third-order valence-corrected chi connectivity index (χ3v) is 4.65. The first-order chi connectivity index (χ1) is 13.2. The van der Waals surface area contributed by atoms with Gasteiger partial charge in [0.1, 0.15) is 11.4 Å². The quantitative estimate of drug-likeness (QED) is 0.709. The summed E-state index contributed by atoms with van der Waals surface area (Å²) in [7, 11) is 0. The molecule has 2 heterocycles. The van der Waals surface area contributed by atoms with E-state index in [0.29, 0.717) is 43.4 Å². The highest BCUT2D eigenvalue weighted by molar-refractivity contribution is 9.10. The van der Waals surface area contributed by atoms with Crippen LogP contribution < -0.4 is 5.32 Å². The molecule has 150 valence electrons. The molecule has 2 aliphatic rings. The van der Waals surface area contributed by atoms with Crippen LogP contribution >= 0.6 is 15.9 Å². The van der Waals surface area contributed by atoms with E-state index in [9.17, 15) is 9.59 Å². The van der Waals surface area contributed by atoms with Gasteiger partial charge in [-0.1, -0.05) is 22.0 Å². The molecule has 0 aromatic heterocycles. The summed E-state index contributed by atoms with van der Waals surface area (Å²) >= 11 is 3.44. The van der Waals surface area contributed by atoms with Crippen molar-refractivity contribution in [2.45, 2.75) is 32.8 Å². The predicted molar refractivity (Wildman–Crippen MR) is 111 cm³/mol. The number of ether oxygens (including phenoxy) is 2. The molecular weight excluding hydrogens is 426 g/mol. The van der Waals surface area contributed by atoms with Crippen molar-refractivity contribution in [3.63, 3.8) is 0 Å². The summed E-state index contributed by atoms with van der Waals surface area (Å²) in [5, 5.41) is 2.70. The Hall–Kier alpha value is -2.19. The molecule has 0 spiro atoms. The summed E-state index contributed by atoms with van der Waals surface area (Å²) in [6.07, 6.45) is 1.46. The number of amides is 2. The number of morpholine rings is 1. The molecule has 0 aliphatic carbocycles. The molecule has 0 saturated carbocycles. The molecule has 2 amide bonds. The zero-order valence-corrected chi connectivity index (χ0v) is 17.8. The SMILES string of the molecule is CC(C)(C)OC(=O)NC1=Nc2cc(Br)ccc2C=C(C(=O)N2CCOCC2)C1. The molecule has 1 N–H and O–H groups in total. The van der Waals surface area contributed by atoms with E-state index in [0.717, 1.165) is 10.0 Å². The molecule has 0 radical (unpaired) electrons. The third-order valence-electron chi connectivity index (χ3n) is 4.15. The fraction of sp³-hybridized carbons (Fsp3) is 0.450. The zero-order chi connectivity index (χ0) is 20.3. The van der Waals surface area contributed by atoms with E-state index in [2.05, 4.69) is 26.2 Å². The van der Waals surface area contributed by atoms with Gasteiger partial charge in [-0.25, -0.2) is 9.79 Å². The Labute approximate surface area is 172 Å². The highest BCUT2D eigenvalue weighted by Gasteiger charge is 2.25. The van der Waals surface area contributed by atoms with Crippen molar-refractivity contribution in [1.29, 1.82) is 0 Å². The Kier molecular flexibility index (Phi) is 6.20. The van der Waals surface area contributed by atoms with Crippen molar-refractivity contribution < 1.29 is 19.1 Å². The average molecular weight is 450 g/mol. The van der Waals surface area contributed by atoms with E-state index in [1.807, 2.05) is 24.3 Å². The maximum atomic E-state index is 13.0. The largest absolute Gasteiger partial charge is 0.444 e. The number of hydrogen-bond acceptors (Lipinski definition) is 5. The molecule has 3 rings (SSSR count). The van der Waals surface area contributed by atoms with E-state index >= 15 is 0 Å². The van der Waals surface area contributed by atoms with Crippen molar-refractivity contribution in [3.8, 4) is 0 Å². The van der Waals surface area contributed by atoms with Crippen LogP contribution in [-0.2, 0) is 14.3 Å². The summed E-state index contributed by atoms with van der Waals surface area (Å²) < 4.78 is 11.5. The number of rotatable bonds is 1. The molecular formula is C20H24BrN3O4. The number of alkyl carbamates (subject to hydrolysis) is 1. The number of halogens is 1. The summed E-state index contributed by atoms with van der Waals surface area (Å²) in [5.74, 6) is 0.303. The molecule has 7 nitrogen and oxygen atoms in total. The molecule has 1 aromatic carbocycles. The number of carbonyl (C=O) groups is 2. The molecule has 0 atom stereocenters. The van der Waals surface area contributed by atoms with Crippen LogP contribution in [0, 0.1) is 0 Å². The van der Waals surface area contributed by atoms with Crippen LogP contribution in [-0.4, -0.2) is 54.6 Å². The Balaban J connectivity index is 1.89. The van der Waals surface area contributed by atoms with Crippen LogP contribution in [0.25, 0.3) is 6.08 Å². The minimum absolute atomic E-state index is 0.0715. The topological polar surface area (TPSA) is 80.2 Å². The molecule has 1 aromatic rings.